The van der Waals surface area contributed by atoms with Crippen LogP contribution in [0.25, 0.3) is 5.69 Å². The highest BCUT2D eigenvalue weighted by Gasteiger charge is 2.10. The average molecular weight is 394 g/mol. The first-order valence-electron chi connectivity index (χ1n) is 9.28. The van der Waals surface area contributed by atoms with E-state index in [1.54, 1.807) is 48.5 Å². The smallest absolute Gasteiger partial charge is 0.255 e. The molecule has 9 nitrogen and oxygen atoms in total. The van der Waals surface area contributed by atoms with Crippen LogP contribution in [-0.2, 0) is 4.74 Å². The van der Waals surface area contributed by atoms with Crippen molar-refractivity contribution in [1.29, 1.82) is 0 Å². The second-order valence-corrected chi connectivity index (χ2v) is 6.14. The average Bonchev–Trinajstić information content (AvgIpc) is 3.29. The molecule has 29 heavy (non-hydrogen) atoms. The molecule has 0 spiro atoms. The lowest BCUT2D eigenvalue weighted by Gasteiger charge is -2.09. The Balaban J connectivity index is 1.58. The first kappa shape index (κ1) is 20.2. The summed E-state index contributed by atoms with van der Waals surface area (Å²) in [5, 5.41) is 16.6. The summed E-state index contributed by atoms with van der Waals surface area (Å²) in [6.45, 7) is 3.74. The van der Waals surface area contributed by atoms with Crippen molar-refractivity contribution < 1.29 is 14.3 Å². The fraction of sp³-hybridized carbons (Fsp3) is 0.250. The van der Waals surface area contributed by atoms with Gasteiger partial charge in [-0.25, -0.2) is 4.68 Å². The number of carbonyl (C=O) groups is 2. The zero-order chi connectivity index (χ0) is 20.5. The minimum atomic E-state index is -0.275. The van der Waals surface area contributed by atoms with E-state index in [2.05, 4.69) is 26.2 Å². The van der Waals surface area contributed by atoms with Crippen molar-refractivity contribution in [3.8, 4) is 5.69 Å². The quantitative estimate of drug-likeness (QED) is 0.538. The van der Waals surface area contributed by atoms with Gasteiger partial charge in [-0.15, -0.1) is 5.10 Å². The van der Waals surface area contributed by atoms with Crippen LogP contribution in [-0.4, -0.2) is 51.8 Å². The fourth-order valence-electron chi connectivity index (χ4n) is 2.61. The molecular weight excluding hydrogens is 372 g/mol. The number of tetrazole rings is 1. The Kier molecular flexibility index (Phi) is 7.01. The van der Waals surface area contributed by atoms with Gasteiger partial charge in [0.2, 0.25) is 0 Å². The number of amides is 2. The second kappa shape index (κ2) is 10.1. The Morgan fingerprint density at radius 3 is 2.62 bits per heavy atom. The molecule has 0 aliphatic carbocycles. The number of hydrogen-bond acceptors (Lipinski definition) is 6. The van der Waals surface area contributed by atoms with Crippen molar-refractivity contribution in [2.75, 3.05) is 25.1 Å². The molecule has 3 aromatic rings. The first-order chi connectivity index (χ1) is 14.2. The summed E-state index contributed by atoms with van der Waals surface area (Å²) in [7, 11) is 0. The molecule has 150 valence electrons. The maximum Gasteiger partial charge on any atom is 0.255 e. The molecule has 3 rings (SSSR count). The van der Waals surface area contributed by atoms with Crippen LogP contribution in [0.1, 0.15) is 34.1 Å². The number of aromatic nitrogens is 4. The van der Waals surface area contributed by atoms with Gasteiger partial charge in [-0.2, -0.15) is 0 Å². The zero-order valence-electron chi connectivity index (χ0n) is 16.0. The van der Waals surface area contributed by atoms with E-state index in [-0.39, 0.29) is 11.8 Å². The lowest BCUT2D eigenvalue weighted by atomic mass is 10.1. The molecule has 0 radical (unpaired) electrons. The fourth-order valence-corrected chi connectivity index (χ4v) is 2.61. The molecule has 0 fully saturated rings. The second-order valence-electron chi connectivity index (χ2n) is 6.14. The lowest BCUT2D eigenvalue weighted by Crippen LogP contribution is -2.25. The maximum atomic E-state index is 12.5. The molecule has 0 atom stereocenters. The summed E-state index contributed by atoms with van der Waals surface area (Å²) in [6, 6.07) is 13.7. The highest BCUT2D eigenvalue weighted by Crippen LogP contribution is 2.14. The molecule has 0 bridgehead atoms. The molecule has 2 aromatic carbocycles. The van der Waals surface area contributed by atoms with Crippen LogP contribution in [0, 0.1) is 0 Å². The van der Waals surface area contributed by atoms with Crippen LogP contribution in [0.2, 0.25) is 0 Å². The third-order valence-corrected chi connectivity index (χ3v) is 4.08. The van der Waals surface area contributed by atoms with Gasteiger partial charge in [0.05, 0.1) is 5.69 Å². The Morgan fingerprint density at radius 2 is 1.90 bits per heavy atom. The highest BCUT2D eigenvalue weighted by atomic mass is 16.5. The minimum Gasteiger partial charge on any atom is -0.382 e. The number of nitrogens with zero attached hydrogens (tertiary/aromatic N) is 4. The molecule has 0 saturated carbocycles. The standard InChI is InChI=1S/C20H22N6O3/c1-2-29-12-4-11-21-19(27)16-5-3-6-17(13-16)23-20(28)15-7-9-18(10-8-15)26-14-22-24-25-26/h3,5-10,13-14H,2,4,11-12H2,1H3,(H,21,27)(H,23,28). The van der Waals surface area contributed by atoms with Crippen molar-refractivity contribution in [3.63, 3.8) is 0 Å². The van der Waals surface area contributed by atoms with Crippen molar-refractivity contribution in [2.45, 2.75) is 13.3 Å². The van der Waals surface area contributed by atoms with E-state index in [0.717, 1.165) is 12.1 Å². The molecular formula is C20H22N6O3. The Hall–Kier alpha value is -3.59. The van der Waals surface area contributed by atoms with Crippen LogP contribution in [0.5, 0.6) is 0 Å². The molecule has 9 heteroatoms. The summed E-state index contributed by atoms with van der Waals surface area (Å²) in [6.07, 6.45) is 2.22. The largest absolute Gasteiger partial charge is 0.382 e. The van der Waals surface area contributed by atoms with Crippen molar-refractivity contribution >= 4 is 17.5 Å². The predicted molar refractivity (Wildman–Crippen MR) is 107 cm³/mol. The number of ether oxygens (including phenoxy) is 1. The number of hydrogen-bond donors (Lipinski definition) is 2. The summed E-state index contributed by atoms with van der Waals surface area (Å²) in [4.78, 5) is 24.7. The number of carbonyl (C=O) groups excluding carboxylic acids is 2. The van der Waals surface area contributed by atoms with E-state index >= 15 is 0 Å². The van der Waals surface area contributed by atoms with Gasteiger partial charge in [0.1, 0.15) is 6.33 Å². The van der Waals surface area contributed by atoms with Crippen molar-refractivity contribution in [2.24, 2.45) is 0 Å². The lowest BCUT2D eigenvalue weighted by molar-refractivity contribution is 0.0943. The van der Waals surface area contributed by atoms with Gasteiger partial charge in [0.25, 0.3) is 11.8 Å². The Labute approximate surface area is 168 Å². The predicted octanol–water partition coefficient (Wildman–Crippen LogP) is 2.07. The molecule has 0 aliphatic rings. The first-order valence-corrected chi connectivity index (χ1v) is 9.28. The molecule has 0 saturated heterocycles. The third-order valence-electron chi connectivity index (χ3n) is 4.08. The normalized spacial score (nSPS) is 10.5. The molecule has 1 heterocycles. The zero-order valence-corrected chi connectivity index (χ0v) is 16.0. The number of anilines is 1. The molecule has 1 aromatic heterocycles. The van der Waals surface area contributed by atoms with Gasteiger partial charge < -0.3 is 15.4 Å². The van der Waals surface area contributed by atoms with Gasteiger partial charge in [-0.3, -0.25) is 9.59 Å². The maximum absolute atomic E-state index is 12.5. The molecule has 0 unspecified atom stereocenters. The van der Waals surface area contributed by atoms with E-state index in [0.29, 0.717) is 36.6 Å². The van der Waals surface area contributed by atoms with Gasteiger partial charge >= 0.3 is 0 Å². The topological polar surface area (TPSA) is 111 Å². The van der Waals surface area contributed by atoms with E-state index in [1.807, 2.05) is 6.92 Å². The van der Waals surface area contributed by atoms with E-state index in [9.17, 15) is 9.59 Å². The monoisotopic (exact) mass is 394 g/mol. The molecule has 2 amide bonds. The van der Waals surface area contributed by atoms with Crippen LogP contribution >= 0.6 is 0 Å². The number of rotatable bonds is 9. The van der Waals surface area contributed by atoms with E-state index < -0.39 is 0 Å². The Bertz CT molecular complexity index is 941. The van der Waals surface area contributed by atoms with Crippen LogP contribution in [0.4, 0.5) is 5.69 Å². The Morgan fingerprint density at radius 1 is 1.07 bits per heavy atom. The summed E-state index contributed by atoms with van der Waals surface area (Å²) < 4.78 is 6.74. The van der Waals surface area contributed by atoms with Gasteiger partial charge in [0.15, 0.2) is 0 Å². The third kappa shape index (κ3) is 5.69. The van der Waals surface area contributed by atoms with Gasteiger partial charge in [0, 0.05) is 36.6 Å². The van der Waals surface area contributed by atoms with Gasteiger partial charge in [-0.1, -0.05) is 6.07 Å². The SMILES string of the molecule is CCOCCCNC(=O)c1cccc(NC(=O)c2ccc(-n3cnnn3)cc2)c1. The molecule has 0 aliphatic heterocycles. The minimum absolute atomic E-state index is 0.191. The van der Waals surface area contributed by atoms with Crippen LogP contribution in [0.15, 0.2) is 54.9 Å². The summed E-state index contributed by atoms with van der Waals surface area (Å²) in [5.74, 6) is -0.467. The molecule has 2 N–H and O–H groups in total. The van der Waals surface area contributed by atoms with Gasteiger partial charge in [-0.05, 0) is 66.2 Å². The van der Waals surface area contributed by atoms with E-state index in [4.69, 9.17) is 4.74 Å². The van der Waals surface area contributed by atoms with Crippen LogP contribution in [0.3, 0.4) is 0 Å². The highest BCUT2D eigenvalue weighted by molar-refractivity contribution is 6.05. The summed E-state index contributed by atoms with van der Waals surface area (Å²) in [5.41, 5.74) is 2.25. The van der Waals surface area contributed by atoms with Crippen molar-refractivity contribution in [1.82, 2.24) is 25.5 Å². The van der Waals surface area contributed by atoms with Crippen molar-refractivity contribution in [3.05, 3.63) is 66.0 Å². The number of nitrogens with one attached hydrogen (secondary N) is 2. The number of benzene rings is 2. The van der Waals surface area contributed by atoms with E-state index in [1.165, 1.54) is 11.0 Å². The summed E-state index contributed by atoms with van der Waals surface area (Å²) >= 11 is 0. The van der Waals surface area contributed by atoms with Crippen LogP contribution < -0.4 is 10.6 Å².